The SMILES string of the molecule is C.O=Cc1cccc([N+](=O)[O-])c1.O=[N+]([O-])c1cccc(C2OCCc3c2[nH]c2ccccc32)c1.OCCc1c[nH]c2ccccc12.[Cl][Bi]([Cl])[Cl]. The van der Waals surface area contributed by atoms with E-state index in [1.54, 1.807) is 12.1 Å². The molecule has 1 aliphatic heterocycles. The van der Waals surface area contributed by atoms with Crippen molar-refractivity contribution in [1.29, 1.82) is 0 Å². The van der Waals surface area contributed by atoms with Crippen molar-refractivity contribution in [1.82, 2.24) is 9.97 Å². The van der Waals surface area contributed by atoms with Gasteiger partial charge in [-0.2, -0.15) is 0 Å². The summed E-state index contributed by atoms with van der Waals surface area (Å²) < 4.78 is 5.90. The van der Waals surface area contributed by atoms with Crippen LogP contribution in [0.1, 0.15) is 46.3 Å². The van der Waals surface area contributed by atoms with Crippen molar-refractivity contribution in [2.45, 2.75) is 26.4 Å². The normalized spacial score (nSPS) is 12.9. The number of non-ortho nitro benzene ring substituents is 2. The van der Waals surface area contributed by atoms with Gasteiger partial charge < -0.3 is 19.8 Å². The van der Waals surface area contributed by atoms with Crippen LogP contribution in [0.4, 0.5) is 11.4 Å². The first-order valence-electron chi connectivity index (χ1n) is 14.7. The van der Waals surface area contributed by atoms with Crippen molar-refractivity contribution in [3.05, 3.63) is 151 Å². The number of nitro benzene ring substituents is 2. The molecule has 4 aromatic carbocycles. The number of nitrogens with zero attached hydrogens (tertiary/aromatic N) is 2. The molecule has 15 heteroatoms. The van der Waals surface area contributed by atoms with Gasteiger partial charge in [0.15, 0.2) is 0 Å². The quantitative estimate of drug-likeness (QED) is 0.0649. The van der Waals surface area contributed by atoms with E-state index < -0.39 is 23.1 Å². The maximum atomic E-state index is 11.0. The number of nitro groups is 2. The summed E-state index contributed by atoms with van der Waals surface area (Å²) >= 11 is -2.18. The number of benzene rings is 4. The van der Waals surface area contributed by atoms with E-state index in [1.807, 2.05) is 48.7 Å². The Morgan fingerprint density at radius 3 is 2.10 bits per heavy atom. The van der Waals surface area contributed by atoms with Gasteiger partial charge in [-0.3, -0.25) is 25.0 Å². The van der Waals surface area contributed by atoms with Gasteiger partial charge in [-0.05, 0) is 41.7 Å². The molecule has 1 unspecified atom stereocenters. The Hall–Kier alpha value is -3.90. The summed E-state index contributed by atoms with van der Waals surface area (Å²) in [7, 11) is 15.0. The van der Waals surface area contributed by atoms with Gasteiger partial charge in [-0.1, -0.05) is 68.1 Å². The van der Waals surface area contributed by atoms with Crippen LogP contribution >= 0.6 is 25.5 Å². The van der Waals surface area contributed by atoms with Gasteiger partial charge in [0.1, 0.15) is 12.4 Å². The summed E-state index contributed by atoms with van der Waals surface area (Å²) in [6, 6.07) is 28.5. The van der Waals surface area contributed by atoms with Crippen molar-refractivity contribution in [2.75, 3.05) is 13.2 Å². The molecule has 0 aliphatic carbocycles. The van der Waals surface area contributed by atoms with Crippen molar-refractivity contribution in [3.63, 3.8) is 0 Å². The van der Waals surface area contributed by atoms with Gasteiger partial charge in [0.2, 0.25) is 0 Å². The number of nitrogens with one attached hydrogen (secondary N) is 2. The number of halogens is 3. The molecule has 0 saturated carbocycles. The van der Waals surface area contributed by atoms with Crippen LogP contribution < -0.4 is 0 Å². The Kier molecular flexibility index (Phi) is 16.3. The number of para-hydroxylation sites is 2. The number of aliphatic hydroxyl groups is 1. The molecule has 262 valence electrons. The van der Waals surface area contributed by atoms with Gasteiger partial charge in [0.25, 0.3) is 11.4 Å². The molecule has 11 nitrogen and oxygen atoms in total. The molecule has 0 spiro atoms. The van der Waals surface area contributed by atoms with Crippen molar-refractivity contribution in [2.24, 2.45) is 0 Å². The van der Waals surface area contributed by atoms with E-state index in [4.69, 9.17) is 35.4 Å². The van der Waals surface area contributed by atoms with Crippen LogP contribution in [0, 0.1) is 20.2 Å². The Morgan fingerprint density at radius 2 is 1.46 bits per heavy atom. The molecule has 0 fully saturated rings. The molecule has 0 radical (unpaired) electrons. The van der Waals surface area contributed by atoms with Crippen LogP contribution in [0.3, 0.4) is 0 Å². The zero-order valence-electron chi connectivity index (χ0n) is 25.7. The van der Waals surface area contributed by atoms with E-state index in [0.717, 1.165) is 35.1 Å². The molecule has 1 aliphatic rings. The number of aromatic nitrogens is 2. The van der Waals surface area contributed by atoms with Gasteiger partial charge in [0.05, 0.1) is 22.1 Å². The first kappa shape index (κ1) is 40.5. The minimum atomic E-state index is -2.18. The van der Waals surface area contributed by atoms with Gasteiger partial charge in [0, 0.05) is 64.4 Å². The fourth-order valence-corrected chi connectivity index (χ4v) is 5.31. The third-order valence-corrected chi connectivity index (χ3v) is 7.40. The molecule has 0 bridgehead atoms. The van der Waals surface area contributed by atoms with Gasteiger partial charge >= 0.3 is 43.7 Å². The summed E-state index contributed by atoms with van der Waals surface area (Å²) in [5.74, 6) is 0. The predicted molar refractivity (Wildman–Crippen MR) is 201 cm³/mol. The van der Waals surface area contributed by atoms with E-state index in [1.165, 1.54) is 52.2 Å². The fourth-order valence-electron chi connectivity index (χ4n) is 5.31. The molecule has 0 amide bonds. The number of hydrogen-bond donors (Lipinski definition) is 3. The molecule has 1 atom stereocenters. The molecule has 6 aromatic rings. The maximum absolute atomic E-state index is 11.0. The first-order valence-corrected chi connectivity index (χ1v) is 27.6. The second-order valence-electron chi connectivity index (χ2n) is 10.4. The molecule has 7 rings (SSSR count). The summed E-state index contributed by atoms with van der Waals surface area (Å²) in [5.41, 5.74) is 6.81. The number of carbonyl (C=O) groups is 1. The molecule has 2 aromatic heterocycles. The Labute approximate surface area is 306 Å². The van der Waals surface area contributed by atoms with E-state index >= 15 is 0 Å². The van der Waals surface area contributed by atoms with Crippen molar-refractivity contribution in [3.8, 4) is 0 Å². The molecule has 3 N–H and O–H groups in total. The van der Waals surface area contributed by atoms with Gasteiger partial charge in [-0.15, -0.1) is 0 Å². The number of hydrogen-bond acceptors (Lipinski definition) is 7. The summed E-state index contributed by atoms with van der Waals surface area (Å²) in [6.07, 6.45) is 3.83. The topological polar surface area (TPSA) is 164 Å². The number of H-pyrrole nitrogens is 2. The Bertz CT molecular complexity index is 2030. The number of aldehydes is 1. The Morgan fingerprint density at radius 1 is 0.860 bits per heavy atom. The average molecular weight is 938 g/mol. The third kappa shape index (κ3) is 11.1. The van der Waals surface area contributed by atoms with E-state index in [0.29, 0.717) is 18.5 Å². The van der Waals surface area contributed by atoms with E-state index in [2.05, 4.69) is 22.1 Å². The number of ether oxygens (including phenoxy) is 1. The average Bonchev–Trinajstić information content (AvgIpc) is 3.70. The molecule has 3 heterocycles. The predicted octanol–water partition coefficient (Wildman–Crippen LogP) is 9.17. The molecule has 50 heavy (non-hydrogen) atoms. The third-order valence-electron chi connectivity index (χ3n) is 7.40. The number of fused-ring (bicyclic) bond motifs is 4. The first-order chi connectivity index (χ1) is 23.6. The zero-order chi connectivity index (χ0) is 35.3. The van der Waals surface area contributed by atoms with E-state index in [9.17, 15) is 25.0 Å². The fraction of sp³-hybridized carbons (Fsp3) is 0.171. The van der Waals surface area contributed by atoms with Gasteiger partial charge in [-0.25, -0.2) is 0 Å². The molecular weight excluding hydrogens is 904 g/mol. The van der Waals surface area contributed by atoms with E-state index in [-0.39, 0.29) is 36.4 Å². The second-order valence-corrected chi connectivity index (χ2v) is 25.4. The van der Waals surface area contributed by atoms with Crippen LogP contribution in [0.2, 0.25) is 0 Å². The summed E-state index contributed by atoms with van der Waals surface area (Å²) in [4.78, 5) is 37.0. The Balaban J connectivity index is 0.000000206. The van der Waals surface area contributed by atoms with Crippen LogP contribution in [0.5, 0.6) is 0 Å². The number of carbonyl (C=O) groups excluding carboxylic acids is 1. The van der Waals surface area contributed by atoms with Crippen LogP contribution in [-0.2, 0) is 17.6 Å². The summed E-state index contributed by atoms with van der Waals surface area (Å²) in [6.45, 7) is 0.823. The number of rotatable bonds is 6. The second kappa shape index (κ2) is 20.1. The van der Waals surface area contributed by atoms with Crippen LogP contribution in [0.15, 0.2) is 103 Å². The minimum absolute atomic E-state index is 0. The zero-order valence-corrected chi connectivity index (χ0v) is 31.4. The summed E-state index contributed by atoms with van der Waals surface area (Å²) in [5, 5.41) is 32.3. The number of aliphatic hydroxyl groups excluding tert-OH is 1. The van der Waals surface area contributed by atoms with Crippen LogP contribution in [-0.4, -0.2) is 62.6 Å². The number of aromatic amines is 2. The monoisotopic (exact) mass is 936 g/mol. The van der Waals surface area contributed by atoms with Crippen LogP contribution in [0.25, 0.3) is 21.8 Å². The van der Waals surface area contributed by atoms with Crippen molar-refractivity contribution < 1.29 is 24.5 Å². The van der Waals surface area contributed by atoms with Crippen molar-refractivity contribution >= 4 is 83.2 Å². The standard InChI is InChI=1S/C17H14N2O3.C10H11NO.C7H5NO3.CH4.Bi.3ClH/c20-19(21)12-5-3-4-11(10-12)17-16-14(8-9-22-17)13-6-1-2-7-15(13)18-16;12-6-5-8-7-11-10-4-2-1-3-9(8)10;9-5-6-2-1-3-7(4-6)8(10)11;;;;;/h1-7,10,17-18H,8-9H2;1-4,7,11-12H,5-6H2;1-5H;1H4;;3*1H/q;;;;+3;;;/p-3. The molecule has 0 saturated heterocycles. The molecular formula is C35H34BiCl3N4O7.